The number of benzene rings is 2. The minimum atomic E-state index is -4.41. The van der Waals surface area contributed by atoms with Gasteiger partial charge in [-0.3, -0.25) is 9.69 Å². The number of halogens is 3. The van der Waals surface area contributed by atoms with E-state index in [-0.39, 0.29) is 17.5 Å². The third-order valence-corrected chi connectivity index (χ3v) is 8.45. The topological polar surface area (TPSA) is 44.8 Å². The molecule has 5 nitrogen and oxygen atoms in total. The van der Waals surface area contributed by atoms with Crippen molar-refractivity contribution in [3.63, 3.8) is 0 Å². The lowest BCUT2D eigenvalue weighted by molar-refractivity contribution is -0.137. The Labute approximate surface area is 230 Å². The lowest BCUT2D eigenvalue weighted by atomic mass is 9.96. The van der Waals surface area contributed by atoms with Crippen LogP contribution < -0.4 is 10.1 Å². The molecule has 2 fully saturated rings. The number of alkyl halides is 3. The average molecular weight is 546 g/mol. The van der Waals surface area contributed by atoms with Crippen LogP contribution in [-0.4, -0.2) is 61.1 Å². The summed E-state index contributed by atoms with van der Waals surface area (Å²) in [5.74, 6) is 0.720. The highest BCUT2D eigenvalue weighted by atomic mass is 19.4. The summed E-state index contributed by atoms with van der Waals surface area (Å²) in [5, 5.41) is 3.66. The first-order valence-electron chi connectivity index (χ1n) is 14.3. The Hall–Kier alpha value is -2.58. The van der Waals surface area contributed by atoms with Gasteiger partial charge in [0.1, 0.15) is 5.75 Å². The number of rotatable bonds is 10. The molecule has 1 heterocycles. The first-order chi connectivity index (χ1) is 18.6. The van der Waals surface area contributed by atoms with E-state index in [1.165, 1.54) is 54.5 Å². The smallest absolute Gasteiger partial charge is 0.416 e. The molecular formula is C31H42F3N3O2. The van der Waals surface area contributed by atoms with Gasteiger partial charge in [0.15, 0.2) is 0 Å². The molecule has 2 aromatic rings. The van der Waals surface area contributed by atoms with Crippen molar-refractivity contribution in [1.29, 1.82) is 0 Å². The van der Waals surface area contributed by atoms with Crippen molar-refractivity contribution >= 4 is 5.91 Å². The van der Waals surface area contributed by atoms with Crippen molar-refractivity contribution in [2.75, 3.05) is 39.3 Å². The summed E-state index contributed by atoms with van der Waals surface area (Å²) in [5.41, 5.74) is 3.19. The molecule has 1 aliphatic heterocycles. The molecule has 8 heteroatoms. The van der Waals surface area contributed by atoms with Gasteiger partial charge in [-0.25, -0.2) is 0 Å². The SMILES string of the molecule is Cc1c(OCCCCNC2CCCC2)ccc(C(C)N2CCN(C(=O)c3ccc(C(F)(F)F)cc3)CC2)c1C. The normalized spacial score (nSPS) is 17.9. The van der Waals surface area contributed by atoms with Gasteiger partial charge >= 0.3 is 6.18 Å². The fraction of sp³-hybridized carbons (Fsp3) is 0.581. The van der Waals surface area contributed by atoms with Crippen molar-refractivity contribution in [2.24, 2.45) is 0 Å². The van der Waals surface area contributed by atoms with Crippen molar-refractivity contribution in [3.8, 4) is 5.75 Å². The van der Waals surface area contributed by atoms with E-state index in [9.17, 15) is 18.0 Å². The minimum absolute atomic E-state index is 0.183. The molecule has 2 aliphatic rings. The molecule has 0 spiro atoms. The first kappa shape index (κ1) is 29.4. The van der Waals surface area contributed by atoms with Crippen LogP contribution in [0.5, 0.6) is 5.75 Å². The van der Waals surface area contributed by atoms with E-state index in [2.05, 4.69) is 43.1 Å². The van der Waals surface area contributed by atoms with E-state index >= 15 is 0 Å². The zero-order valence-corrected chi connectivity index (χ0v) is 23.4. The lowest BCUT2D eigenvalue weighted by Gasteiger charge is -2.39. The van der Waals surface area contributed by atoms with Gasteiger partial charge in [-0.2, -0.15) is 13.2 Å². The number of hydrogen-bond acceptors (Lipinski definition) is 4. The van der Waals surface area contributed by atoms with Crippen LogP contribution in [-0.2, 0) is 6.18 Å². The summed E-state index contributed by atoms with van der Waals surface area (Å²) in [4.78, 5) is 16.9. The predicted molar refractivity (Wildman–Crippen MR) is 148 cm³/mol. The molecule has 1 N–H and O–H groups in total. The highest BCUT2D eigenvalue weighted by Crippen LogP contribution is 2.32. The fourth-order valence-electron chi connectivity index (χ4n) is 5.76. The van der Waals surface area contributed by atoms with Crippen molar-refractivity contribution in [1.82, 2.24) is 15.1 Å². The molecule has 0 bridgehead atoms. The van der Waals surface area contributed by atoms with Gasteiger partial charge < -0.3 is 15.0 Å². The molecule has 1 unspecified atom stereocenters. The van der Waals surface area contributed by atoms with Gasteiger partial charge in [-0.1, -0.05) is 18.9 Å². The standard InChI is InChI=1S/C31H42F3N3O2/c1-22-23(2)29(39-21-7-6-16-35-27-8-4-5-9-27)15-14-28(22)24(3)36-17-19-37(20-18-36)30(38)25-10-12-26(13-11-25)31(32,33)34/h10-15,24,27,35H,4-9,16-21H2,1-3H3. The van der Waals surface area contributed by atoms with Gasteiger partial charge in [0.25, 0.3) is 5.91 Å². The Bertz CT molecular complexity index is 1090. The van der Waals surface area contributed by atoms with Crippen molar-refractivity contribution in [2.45, 2.75) is 77.6 Å². The Balaban J connectivity index is 1.25. The first-order valence-corrected chi connectivity index (χ1v) is 14.3. The number of ether oxygens (including phenoxy) is 1. The van der Waals surface area contributed by atoms with E-state index in [0.717, 1.165) is 43.9 Å². The zero-order valence-electron chi connectivity index (χ0n) is 23.4. The minimum Gasteiger partial charge on any atom is -0.493 e. The van der Waals surface area contributed by atoms with Gasteiger partial charge in [0.2, 0.25) is 0 Å². The summed E-state index contributed by atoms with van der Waals surface area (Å²) in [6.45, 7) is 10.7. The second-order valence-corrected chi connectivity index (χ2v) is 11.0. The molecule has 39 heavy (non-hydrogen) atoms. The predicted octanol–water partition coefficient (Wildman–Crippen LogP) is 6.53. The molecule has 1 amide bonds. The molecule has 1 atom stereocenters. The molecule has 4 rings (SSSR count). The Morgan fingerprint density at radius 2 is 1.64 bits per heavy atom. The highest BCUT2D eigenvalue weighted by molar-refractivity contribution is 5.94. The van der Waals surface area contributed by atoms with Crippen molar-refractivity contribution in [3.05, 3.63) is 64.2 Å². The van der Waals surface area contributed by atoms with E-state index in [0.29, 0.717) is 32.2 Å². The maximum Gasteiger partial charge on any atom is 0.416 e. The Kier molecular flexibility index (Phi) is 9.94. The molecule has 1 aliphatic carbocycles. The molecule has 1 saturated carbocycles. The number of unbranched alkanes of at least 4 members (excludes halogenated alkanes) is 1. The van der Waals surface area contributed by atoms with Gasteiger partial charge in [-0.15, -0.1) is 0 Å². The number of piperazine rings is 1. The number of amides is 1. The van der Waals surface area contributed by atoms with Crippen LogP contribution in [0.2, 0.25) is 0 Å². The van der Waals surface area contributed by atoms with Crippen LogP contribution in [0.15, 0.2) is 36.4 Å². The van der Waals surface area contributed by atoms with Gasteiger partial charge in [0.05, 0.1) is 12.2 Å². The van der Waals surface area contributed by atoms with Crippen LogP contribution in [0, 0.1) is 13.8 Å². The lowest BCUT2D eigenvalue weighted by Crippen LogP contribution is -2.49. The summed E-state index contributed by atoms with van der Waals surface area (Å²) in [7, 11) is 0. The number of hydrogen-bond donors (Lipinski definition) is 1. The Morgan fingerprint density at radius 1 is 0.974 bits per heavy atom. The molecule has 214 valence electrons. The molecule has 1 saturated heterocycles. The maximum absolute atomic E-state index is 12.9. The quantitative estimate of drug-likeness (QED) is 0.345. The third-order valence-electron chi connectivity index (χ3n) is 8.45. The monoisotopic (exact) mass is 545 g/mol. The summed E-state index contributed by atoms with van der Waals surface area (Å²) in [6, 6.07) is 9.61. The van der Waals surface area contributed by atoms with Crippen LogP contribution in [0.4, 0.5) is 13.2 Å². The molecule has 0 aromatic heterocycles. The second kappa shape index (κ2) is 13.2. The largest absolute Gasteiger partial charge is 0.493 e. The van der Waals surface area contributed by atoms with Crippen LogP contribution in [0.25, 0.3) is 0 Å². The van der Waals surface area contributed by atoms with Gasteiger partial charge in [0, 0.05) is 43.8 Å². The summed E-state index contributed by atoms with van der Waals surface area (Å²) < 4.78 is 44.6. The summed E-state index contributed by atoms with van der Waals surface area (Å²) in [6.07, 6.45) is 3.09. The Morgan fingerprint density at radius 3 is 2.28 bits per heavy atom. The highest BCUT2D eigenvalue weighted by Gasteiger charge is 2.31. The van der Waals surface area contributed by atoms with E-state index in [1.54, 1.807) is 4.90 Å². The van der Waals surface area contributed by atoms with Crippen LogP contribution in [0.1, 0.15) is 84.1 Å². The zero-order chi connectivity index (χ0) is 28.0. The molecular weight excluding hydrogens is 503 g/mol. The number of carbonyl (C=O) groups is 1. The van der Waals surface area contributed by atoms with Crippen LogP contribution in [0.3, 0.4) is 0 Å². The van der Waals surface area contributed by atoms with E-state index in [4.69, 9.17) is 4.74 Å². The molecule has 2 aromatic carbocycles. The second-order valence-electron chi connectivity index (χ2n) is 11.0. The average Bonchev–Trinajstić information content (AvgIpc) is 3.45. The van der Waals surface area contributed by atoms with E-state index in [1.807, 2.05) is 0 Å². The fourth-order valence-corrected chi connectivity index (χ4v) is 5.76. The van der Waals surface area contributed by atoms with Crippen LogP contribution >= 0.6 is 0 Å². The van der Waals surface area contributed by atoms with Gasteiger partial charge in [-0.05, 0) is 100 Å². The number of nitrogens with one attached hydrogen (secondary N) is 1. The van der Waals surface area contributed by atoms with Crippen molar-refractivity contribution < 1.29 is 22.7 Å². The molecule has 0 radical (unpaired) electrons. The maximum atomic E-state index is 12.9. The van der Waals surface area contributed by atoms with E-state index < -0.39 is 11.7 Å². The number of carbonyl (C=O) groups excluding carboxylic acids is 1. The number of nitrogens with zero attached hydrogens (tertiary/aromatic N) is 2. The third kappa shape index (κ3) is 7.54. The summed E-state index contributed by atoms with van der Waals surface area (Å²) >= 11 is 0.